The molecule has 0 saturated carbocycles. The fourth-order valence-electron chi connectivity index (χ4n) is 2.40. The summed E-state index contributed by atoms with van der Waals surface area (Å²) in [6.45, 7) is 10.4. The zero-order valence-electron chi connectivity index (χ0n) is 16.2. The molecule has 0 aliphatic heterocycles. The predicted molar refractivity (Wildman–Crippen MR) is 101 cm³/mol. The summed E-state index contributed by atoms with van der Waals surface area (Å²) >= 11 is 0. The Morgan fingerprint density at radius 2 is 1.84 bits per heavy atom. The number of hydrogen-bond donors (Lipinski definition) is 3. The summed E-state index contributed by atoms with van der Waals surface area (Å²) in [6.07, 6.45) is 1.23. The van der Waals surface area contributed by atoms with E-state index in [4.69, 9.17) is 9.47 Å². The maximum absolute atomic E-state index is 12.0. The highest BCUT2D eigenvalue weighted by Crippen LogP contribution is 2.30. The summed E-state index contributed by atoms with van der Waals surface area (Å²) in [4.78, 5) is 12.0. The summed E-state index contributed by atoms with van der Waals surface area (Å²) < 4.78 is 10.6. The number of carbonyl (C=O) groups excluding carboxylic acids is 1. The Kier molecular flexibility index (Phi) is 7.55. The Hall–Kier alpha value is -1.95. The van der Waals surface area contributed by atoms with Crippen LogP contribution in [0, 0.1) is 5.41 Å². The summed E-state index contributed by atoms with van der Waals surface area (Å²) in [5, 5.41) is 15.8. The van der Waals surface area contributed by atoms with E-state index in [-0.39, 0.29) is 12.0 Å². The van der Waals surface area contributed by atoms with Crippen molar-refractivity contribution in [1.29, 1.82) is 0 Å². The monoisotopic (exact) mass is 352 g/mol. The molecule has 0 aromatic heterocycles. The number of aliphatic hydroxyl groups excluding tert-OH is 1. The highest BCUT2D eigenvalue weighted by Gasteiger charge is 2.25. The first kappa shape index (κ1) is 21.1. The second kappa shape index (κ2) is 8.94. The van der Waals surface area contributed by atoms with Gasteiger partial charge in [0.15, 0.2) is 0 Å². The lowest BCUT2D eigenvalue weighted by atomic mass is 9.83. The number of ether oxygens (including phenoxy) is 2. The van der Waals surface area contributed by atoms with Crippen molar-refractivity contribution in [2.75, 3.05) is 30.9 Å². The van der Waals surface area contributed by atoms with E-state index in [1.54, 1.807) is 19.2 Å². The van der Waals surface area contributed by atoms with Crippen molar-refractivity contribution in [2.45, 2.75) is 53.1 Å². The van der Waals surface area contributed by atoms with Crippen LogP contribution in [0.1, 0.15) is 47.5 Å². The minimum atomic E-state index is -0.573. The van der Waals surface area contributed by atoms with Crippen LogP contribution in [0.5, 0.6) is 5.75 Å². The third kappa shape index (κ3) is 6.46. The lowest BCUT2D eigenvalue weighted by molar-refractivity contribution is 0.0635. The minimum absolute atomic E-state index is 0.131. The van der Waals surface area contributed by atoms with Gasteiger partial charge >= 0.3 is 6.09 Å². The molecule has 0 fully saturated rings. The second-order valence-electron chi connectivity index (χ2n) is 7.26. The molecule has 0 aliphatic rings. The molecule has 0 spiro atoms. The Morgan fingerprint density at radius 1 is 1.20 bits per heavy atom. The molecule has 0 unspecified atom stereocenters. The number of amides is 1. The molecule has 25 heavy (non-hydrogen) atoms. The van der Waals surface area contributed by atoms with Gasteiger partial charge in [-0.15, -0.1) is 0 Å². The standard InChI is InChI=1S/C19H32N2O4/c1-7-19(8-2,13-22)12-20-14-9-10-16(24-6)15(11-14)21-17(23)25-18(3,4)5/h9-11,20,22H,7-8,12-13H2,1-6H3,(H,21,23). The highest BCUT2D eigenvalue weighted by molar-refractivity contribution is 5.88. The van der Waals surface area contributed by atoms with E-state index in [1.807, 2.05) is 26.8 Å². The van der Waals surface area contributed by atoms with Gasteiger partial charge in [-0.25, -0.2) is 4.79 Å². The van der Waals surface area contributed by atoms with Crippen molar-refractivity contribution in [3.8, 4) is 5.75 Å². The highest BCUT2D eigenvalue weighted by atomic mass is 16.6. The molecular formula is C19H32N2O4. The molecule has 1 rings (SSSR count). The first-order chi connectivity index (χ1) is 11.7. The van der Waals surface area contributed by atoms with Crippen molar-refractivity contribution in [3.63, 3.8) is 0 Å². The summed E-state index contributed by atoms with van der Waals surface area (Å²) in [5.74, 6) is 0.552. The summed E-state index contributed by atoms with van der Waals surface area (Å²) in [7, 11) is 1.55. The molecule has 0 aliphatic carbocycles. The molecule has 6 nitrogen and oxygen atoms in total. The van der Waals surface area contributed by atoms with Crippen LogP contribution in [0.25, 0.3) is 0 Å². The maximum atomic E-state index is 12.0. The minimum Gasteiger partial charge on any atom is -0.495 e. The lowest BCUT2D eigenvalue weighted by Crippen LogP contribution is -2.32. The Morgan fingerprint density at radius 3 is 2.32 bits per heavy atom. The largest absolute Gasteiger partial charge is 0.495 e. The maximum Gasteiger partial charge on any atom is 0.412 e. The second-order valence-corrected chi connectivity index (χ2v) is 7.26. The Balaban J connectivity index is 2.89. The number of carbonyl (C=O) groups is 1. The molecule has 3 N–H and O–H groups in total. The van der Waals surface area contributed by atoms with Crippen LogP contribution in [0.2, 0.25) is 0 Å². The molecule has 1 aromatic carbocycles. The van der Waals surface area contributed by atoms with E-state index >= 15 is 0 Å². The topological polar surface area (TPSA) is 79.8 Å². The molecule has 0 bridgehead atoms. The van der Waals surface area contributed by atoms with E-state index in [9.17, 15) is 9.90 Å². The number of hydrogen-bond acceptors (Lipinski definition) is 5. The van der Waals surface area contributed by atoms with Crippen LogP contribution in [0.3, 0.4) is 0 Å². The SMILES string of the molecule is CCC(CC)(CO)CNc1ccc(OC)c(NC(=O)OC(C)(C)C)c1. The number of benzene rings is 1. The molecule has 0 heterocycles. The van der Waals surface area contributed by atoms with Gasteiger partial charge in [0.1, 0.15) is 11.4 Å². The van der Waals surface area contributed by atoms with Crippen molar-refractivity contribution < 1.29 is 19.4 Å². The van der Waals surface area contributed by atoms with Gasteiger partial charge in [-0.05, 0) is 51.8 Å². The number of methoxy groups -OCH3 is 1. The number of anilines is 2. The fraction of sp³-hybridized carbons (Fsp3) is 0.632. The van der Waals surface area contributed by atoms with E-state index in [2.05, 4.69) is 24.5 Å². The molecule has 142 valence electrons. The lowest BCUT2D eigenvalue weighted by Gasteiger charge is -2.30. The van der Waals surface area contributed by atoms with Gasteiger partial charge < -0.3 is 19.9 Å². The molecule has 1 aromatic rings. The zero-order chi connectivity index (χ0) is 19.1. The van der Waals surface area contributed by atoms with Gasteiger partial charge in [0.05, 0.1) is 19.4 Å². The molecule has 6 heteroatoms. The Labute approximate surface area is 150 Å². The molecular weight excluding hydrogens is 320 g/mol. The number of rotatable bonds is 8. The normalized spacial score (nSPS) is 11.8. The van der Waals surface area contributed by atoms with Gasteiger partial charge in [-0.3, -0.25) is 5.32 Å². The van der Waals surface area contributed by atoms with Crippen molar-refractivity contribution in [3.05, 3.63) is 18.2 Å². The van der Waals surface area contributed by atoms with Crippen LogP contribution in [-0.4, -0.2) is 37.1 Å². The van der Waals surface area contributed by atoms with Crippen molar-refractivity contribution in [1.82, 2.24) is 0 Å². The van der Waals surface area contributed by atoms with Gasteiger partial charge in [-0.2, -0.15) is 0 Å². The van der Waals surface area contributed by atoms with E-state index in [0.29, 0.717) is 18.0 Å². The predicted octanol–water partition coefficient (Wildman–Crippen LogP) is 4.25. The smallest absolute Gasteiger partial charge is 0.412 e. The quantitative estimate of drug-likeness (QED) is 0.652. The van der Waals surface area contributed by atoms with E-state index in [1.165, 1.54) is 0 Å². The number of nitrogens with one attached hydrogen (secondary N) is 2. The van der Waals surface area contributed by atoms with E-state index in [0.717, 1.165) is 18.5 Å². The van der Waals surface area contributed by atoms with Gasteiger partial charge in [0.25, 0.3) is 0 Å². The van der Waals surface area contributed by atoms with Crippen molar-refractivity contribution >= 4 is 17.5 Å². The summed E-state index contributed by atoms with van der Waals surface area (Å²) in [5.41, 5.74) is 0.644. The van der Waals surface area contributed by atoms with Crippen molar-refractivity contribution in [2.24, 2.45) is 5.41 Å². The molecule has 1 amide bonds. The van der Waals surface area contributed by atoms with Crippen LogP contribution in [0.15, 0.2) is 18.2 Å². The van der Waals surface area contributed by atoms with Crippen LogP contribution in [0.4, 0.5) is 16.2 Å². The molecule has 0 radical (unpaired) electrons. The fourth-order valence-corrected chi connectivity index (χ4v) is 2.40. The van der Waals surface area contributed by atoms with Crippen LogP contribution < -0.4 is 15.4 Å². The molecule has 0 atom stereocenters. The molecule has 0 saturated heterocycles. The first-order valence-electron chi connectivity index (χ1n) is 8.71. The van der Waals surface area contributed by atoms with E-state index < -0.39 is 11.7 Å². The Bertz CT molecular complexity index is 555. The third-order valence-electron chi connectivity index (χ3n) is 4.34. The van der Waals surface area contributed by atoms with Gasteiger partial charge in [-0.1, -0.05) is 13.8 Å². The van der Waals surface area contributed by atoms with Gasteiger partial charge in [0, 0.05) is 17.6 Å². The average molecular weight is 352 g/mol. The third-order valence-corrected chi connectivity index (χ3v) is 4.34. The first-order valence-corrected chi connectivity index (χ1v) is 8.71. The number of aliphatic hydroxyl groups is 1. The summed E-state index contributed by atoms with van der Waals surface area (Å²) in [6, 6.07) is 5.47. The van der Waals surface area contributed by atoms with Gasteiger partial charge in [0.2, 0.25) is 0 Å². The zero-order valence-corrected chi connectivity index (χ0v) is 16.2. The average Bonchev–Trinajstić information content (AvgIpc) is 2.55. The van der Waals surface area contributed by atoms with Crippen LogP contribution >= 0.6 is 0 Å². The van der Waals surface area contributed by atoms with Crippen LogP contribution in [-0.2, 0) is 4.74 Å².